The zero-order chi connectivity index (χ0) is 22.4. The second-order valence-corrected chi connectivity index (χ2v) is 10.6. The number of hydrogen-bond donors (Lipinski definition) is 1. The lowest BCUT2D eigenvalue weighted by Crippen LogP contribution is -2.33. The van der Waals surface area contributed by atoms with Crippen LogP contribution in [0, 0.1) is 18.3 Å². The predicted octanol–water partition coefficient (Wildman–Crippen LogP) is 5.02. The largest absolute Gasteiger partial charge is 0.466 e. The highest BCUT2D eigenvalue weighted by molar-refractivity contribution is 7.89. The van der Waals surface area contributed by atoms with Gasteiger partial charge in [0.2, 0.25) is 10.0 Å². The van der Waals surface area contributed by atoms with Gasteiger partial charge in [-0.05, 0) is 49.8 Å². The average molecular weight is 432 g/mol. The highest BCUT2D eigenvalue weighted by Crippen LogP contribution is 2.32. The number of benzene rings is 2. The summed E-state index contributed by atoms with van der Waals surface area (Å²) in [5.74, 6) is -0.709. The van der Waals surface area contributed by atoms with Crippen LogP contribution < -0.4 is 4.72 Å². The van der Waals surface area contributed by atoms with E-state index in [1.54, 1.807) is 31.2 Å². The quantitative estimate of drug-likeness (QED) is 0.566. The molecule has 0 fully saturated rings. The van der Waals surface area contributed by atoms with E-state index in [4.69, 9.17) is 4.74 Å². The molecule has 2 rings (SSSR count). The van der Waals surface area contributed by atoms with Crippen LogP contribution in [0.4, 0.5) is 0 Å². The van der Waals surface area contributed by atoms with Crippen LogP contribution in [-0.2, 0) is 19.6 Å². The van der Waals surface area contributed by atoms with Gasteiger partial charge in [-0.2, -0.15) is 0 Å². The molecule has 0 spiro atoms. The van der Waals surface area contributed by atoms with E-state index >= 15 is 0 Å². The summed E-state index contributed by atoms with van der Waals surface area (Å²) in [6, 6.07) is 15.6. The topological polar surface area (TPSA) is 72.5 Å². The molecule has 5 nitrogen and oxygen atoms in total. The molecule has 2 aromatic carbocycles. The molecular weight excluding hydrogens is 398 g/mol. The first-order valence-electron chi connectivity index (χ1n) is 10.3. The first-order valence-corrected chi connectivity index (χ1v) is 11.8. The lowest BCUT2D eigenvalue weighted by molar-refractivity contribution is -0.149. The fourth-order valence-electron chi connectivity index (χ4n) is 3.46. The number of carbonyl (C=O) groups is 1. The summed E-state index contributed by atoms with van der Waals surface area (Å²) >= 11 is 0. The van der Waals surface area contributed by atoms with Gasteiger partial charge in [0.15, 0.2) is 0 Å². The van der Waals surface area contributed by atoms with Crippen LogP contribution in [0.2, 0.25) is 0 Å². The van der Waals surface area contributed by atoms with Crippen molar-refractivity contribution in [2.24, 2.45) is 11.3 Å². The fraction of sp³-hybridized carbons (Fsp3) is 0.458. The van der Waals surface area contributed by atoms with Gasteiger partial charge in [0.1, 0.15) is 0 Å². The van der Waals surface area contributed by atoms with Crippen molar-refractivity contribution in [1.29, 1.82) is 0 Å². The van der Waals surface area contributed by atoms with E-state index in [-0.39, 0.29) is 16.3 Å². The third-order valence-corrected chi connectivity index (χ3v) is 6.32. The van der Waals surface area contributed by atoms with Crippen molar-refractivity contribution in [1.82, 2.24) is 4.72 Å². The molecule has 0 aliphatic rings. The summed E-state index contributed by atoms with van der Waals surface area (Å²) < 4.78 is 34.2. The number of sulfonamides is 1. The normalized spacial score (nSPS) is 14.2. The van der Waals surface area contributed by atoms with Crippen LogP contribution in [0.3, 0.4) is 0 Å². The number of ether oxygens (including phenoxy) is 1. The van der Waals surface area contributed by atoms with Crippen molar-refractivity contribution >= 4 is 16.0 Å². The third kappa shape index (κ3) is 7.26. The van der Waals surface area contributed by atoms with Crippen LogP contribution in [0.25, 0.3) is 0 Å². The Morgan fingerprint density at radius 1 is 1.03 bits per heavy atom. The number of rotatable bonds is 9. The molecule has 0 aliphatic carbocycles. The zero-order valence-electron chi connectivity index (χ0n) is 18.5. The lowest BCUT2D eigenvalue weighted by atomic mass is 9.81. The van der Waals surface area contributed by atoms with Gasteiger partial charge < -0.3 is 4.74 Å². The molecule has 0 bridgehead atoms. The molecule has 0 saturated carbocycles. The van der Waals surface area contributed by atoms with E-state index < -0.39 is 22.0 Å². The lowest BCUT2D eigenvalue weighted by Gasteiger charge is -2.28. The molecule has 30 heavy (non-hydrogen) atoms. The highest BCUT2D eigenvalue weighted by atomic mass is 32.2. The Hall–Kier alpha value is -2.18. The standard InChI is InChI=1S/C24H33NO4S/c1-6-29-23(26)20(17-24(3,4)5)16-22(19-10-8-7-9-11-19)25-30(27,28)21-14-12-18(2)13-15-21/h7-15,20,22,25H,6,16-17H2,1-5H3/t20-,22+/m0/s1. The Labute approximate surface area is 180 Å². The van der Waals surface area contributed by atoms with Crippen molar-refractivity contribution in [2.75, 3.05) is 6.61 Å². The minimum atomic E-state index is -3.75. The van der Waals surface area contributed by atoms with E-state index in [9.17, 15) is 13.2 Å². The molecule has 0 unspecified atom stereocenters. The molecule has 0 amide bonds. The molecule has 164 valence electrons. The van der Waals surface area contributed by atoms with E-state index in [0.29, 0.717) is 19.4 Å². The molecule has 0 heterocycles. The van der Waals surface area contributed by atoms with E-state index in [1.165, 1.54) is 0 Å². The maximum atomic E-state index is 13.1. The Kier molecular flexibility index (Phi) is 8.21. The van der Waals surface area contributed by atoms with Crippen LogP contribution >= 0.6 is 0 Å². The van der Waals surface area contributed by atoms with Gasteiger partial charge in [-0.25, -0.2) is 13.1 Å². The number of hydrogen-bond acceptors (Lipinski definition) is 4. The second-order valence-electron chi connectivity index (χ2n) is 8.85. The molecule has 2 aromatic rings. The summed E-state index contributed by atoms with van der Waals surface area (Å²) in [6.07, 6.45) is 0.923. The predicted molar refractivity (Wildman–Crippen MR) is 119 cm³/mol. The minimum Gasteiger partial charge on any atom is -0.466 e. The van der Waals surface area contributed by atoms with Crippen molar-refractivity contribution in [2.45, 2.75) is 58.4 Å². The first-order chi connectivity index (χ1) is 14.0. The molecule has 0 radical (unpaired) electrons. The Balaban J connectivity index is 2.36. The van der Waals surface area contributed by atoms with E-state index in [1.807, 2.05) is 37.3 Å². The fourth-order valence-corrected chi connectivity index (χ4v) is 4.69. The summed E-state index contributed by atoms with van der Waals surface area (Å²) in [6.45, 7) is 10.2. The van der Waals surface area contributed by atoms with Crippen molar-refractivity contribution in [3.63, 3.8) is 0 Å². The van der Waals surface area contributed by atoms with Crippen molar-refractivity contribution < 1.29 is 17.9 Å². The number of aryl methyl sites for hydroxylation is 1. The average Bonchev–Trinajstić information content (AvgIpc) is 2.67. The molecule has 0 saturated heterocycles. The zero-order valence-corrected chi connectivity index (χ0v) is 19.3. The van der Waals surface area contributed by atoms with Gasteiger partial charge >= 0.3 is 5.97 Å². The van der Waals surface area contributed by atoms with Crippen molar-refractivity contribution in [3.05, 3.63) is 65.7 Å². The molecule has 0 aromatic heterocycles. The van der Waals surface area contributed by atoms with Crippen molar-refractivity contribution in [3.8, 4) is 0 Å². The number of nitrogens with one attached hydrogen (secondary N) is 1. The van der Waals surface area contributed by atoms with Crippen LogP contribution in [0.15, 0.2) is 59.5 Å². The summed E-state index contributed by atoms with van der Waals surface area (Å²) in [4.78, 5) is 12.9. The monoisotopic (exact) mass is 431 g/mol. The van der Waals surface area contributed by atoms with Gasteiger partial charge in [-0.3, -0.25) is 4.79 Å². The number of carbonyl (C=O) groups excluding carboxylic acids is 1. The first kappa shape index (κ1) is 24.1. The SMILES string of the molecule is CCOC(=O)[C@@H](C[C@@H](NS(=O)(=O)c1ccc(C)cc1)c1ccccc1)CC(C)(C)C. The molecular formula is C24H33NO4S. The van der Waals surface area contributed by atoms with Crippen LogP contribution in [-0.4, -0.2) is 21.0 Å². The highest BCUT2D eigenvalue weighted by Gasteiger charge is 2.31. The smallest absolute Gasteiger partial charge is 0.309 e. The Morgan fingerprint density at radius 3 is 2.17 bits per heavy atom. The molecule has 1 N–H and O–H groups in total. The number of esters is 1. The van der Waals surface area contributed by atoms with Gasteiger partial charge in [-0.15, -0.1) is 0 Å². The summed E-state index contributed by atoms with van der Waals surface area (Å²) in [7, 11) is -3.75. The summed E-state index contributed by atoms with van der Waals surface area (Å²) in [5.41, 5.74) is 1.70. The molecule has 0 aliphatic heterocycles. The van der Waals surface area contributed by atoms with Gasteiger partial charge in [0.05, 0.1) is 17.4 Å². The second kappa shape index (κ2) is 10.2. The Bertz CT molecular complexity index is 916. The van der Waals surface area contributed by atoms with Gasteiger partial charge in [-0.1, -0.05) is 68.8 Å². The summed E-state index contributed by atoms with van der Waals surface area (Å²) in [5, 5.41) is 0. The maximum Gasteiger partial charge on any atom is 0.309 e. The third-order valence-electron chi connectivity index (χ3n) is 4.83. The Morgan fingerprint density at radius 2 is 1.63 bits per heavy atom. The van der Waals surface area contributed by atoms with Gasteiger partial charge in [0, 0.05) is 6.04 Å². The van der Waals surface area contributed by atoms with E-state index in [2.05, 4.69) is 25.5 Å². The molecule has 2 atom stereocenters. The van der Waals surface area contributed by atoms with Crippen LogP contribution in [0.5, 0.6) is 0 Å². The van der Waals surface area contributed by atoms with Crippen LogP contribution in [0.1, 0.15) is 57.7 Å². The molecule has 6 heteroatoms. The minimum absolute atomic E-state index is 0.103. The van der Waals surface area contributed by atoms with Gasteiger partial charge in [0.25, 0.3) is 0 Å². The van der Waals surface area contributed by atoms with E-state index in [0.717, 1.165) is 11.1 Å². The maximum absolute atomic E-state index is 13.1.